The van der Waals surface area contributed by atoms with Crippen molar-refractivity contribution in [1.29, 1.82) is 0 Å². The van der Waals surface area contributed by atoms with Crippen LogP contribution >= 0.6 is 11.8 Å². The molecule has 226 valence electrons. The van der Waals surface area contributed by atoms with Crippen LogP contribution in [-0.4, -0.2) is 6.26 Å². The monoisotopic (exact) mass is 541 g/mol. The highest BCUT2D eigenvalue weighted by molar-refractivity contribution is 8.02. The second-order valence-electron chi connectivity index (χ2n) is 8.25. The molecular formula is C36H76S. The number of allylic oxidation sites excluding steroid dienone is 3. The van der Waals surface area contributed by atoms with Crippen LogP contribution in [0.15, 0.2) is 54.0 Å². The topological polar surface area (TPSA) is 0 Å². The maximum atomic E-state index is 3.91. The van der Waals surface area contributed by atoms with Crippen molar-refractivity contribution in [3.05, 3.63) is 70.7 Å². The third kappa shape index (κ3) is 106. The lowest BCUT2D eigenvalue weighted by atomic mass is 10.0. The summed E-state index contributed by atoms with van der Waals surface area (Å²) in [5.41, 5.74) is 6.44. The van der Waals surface area contributed by atoms with E-state index in [0.717, 1.165) is 12.3 Å². The SMILES string of the molecule is C=C(C)C.C=C(C)Cc1cc(C)cc(C)c1.C=C(C)SC.CC.CC.CC.CC.CCC.CCC(C)C. The minimum atomic E-state index is 0.884. The molecule has 0 heterocycles. The van der Waals surface area contributed by atoms with Crippen molar-refractivity contribution in [2.24, 2.45) is 5.92 Å². The van der Waals surface area contributed by atoms with E-state index < -0.39 is 0 Å². The number of thioether (sulfide) groups is 1. The molecule has 0 aliphatic heterocycles. The van der Waals surface area contributed by atoms with E-state index in [2.05, 4.69) is 93.3 Å². The van der Waals surface area contributed by atoms with E-state index in [-0.39, 0.29) is 0 Å². The van der Waals surface area contributed by atoms with Crippen LogP contribution in [0.5, 0.6) is 0 Å². The Hall–Kier alpha value is -1.21. The van der Waals surface area contributed by atoms with Gasteiger partial charge in [-0.15, -0.1) is 18.3 Å². The van der Waals surface area contributed by atoms with Crippen molar-refractivity contribution >= 4 is 11.8 Å². The van der Waals surface area contributed by atoms with E-state index >= 15 is 0 Å². The molecule has 0 atom stereocenters. The number of hydrogen-bond acceptors (Lipinski definition) is 1. The number of aryl methyl sites for hydroxylation is 2. The van der Waals surface area contributed by atoms with Crippen molar-refractivity contribution < 1.29 is 0 Å². The van der Waals surface area contributed by atoms with Crippen LogP contribution in [0.25, 0.3) is 0 Å². The fraction of sp³-hybridized carbons (Fsp3) is 0.667. The van der Waals surface area contributed by atoms with Crippen LogP contribution in [0.3, 0.4) is 0 Å². The van der Waals surface area contributed by atoms with Gasteiger partial charge in [0.1, 0.15) is 0 Å². The molecule has 0 radical (unpaired) electrons. The molecule has 0 nitrogen and oxygen atoms in total. The first-order valence-electron chi connectivity index (χ1n) is 14.8. The highest BCUT2D eigenvalue weighted by atomic mass is 32.2. The molecule has 37 heavy (non-hydrogen) atoms. The molecular weight excluding hydrogens is 464 g/mol. The van der Waals surface area contributed by atoms with E-state index in [1.54, 1.807) is 11.8 Å². The third-order valence-electron chi connectivity index (χ3n) is 2.95. The van der Waals surface area contributed by atoms with Crippen molar-refractivity contribution in [2.45, 2.75) is 151 Å². The summed E-state index contributed by atoms with van der Waals surface area (Å²) < 4.78 is 0. The van der Waals surface area contributed by atoms with Crippen LogP contribution < -0.4 is 0 Å². The summed E-state index contributed by atoms with van der Waals surface area (Å²) in [6.07, 6.45) is 5.57. The third-order valence-corrected chi connectivity index (χ3v) is 3.65. The predicted octanol–water partition coefficient (Wildman–Crippen LogP) is 14.5. The van der Waals surface area contributed by atoms with Gasteiger partial charge in [0.2, 0.25) is 0 Å². The lowest BCUT2D eigenvalue weighted by Crippen LogP contribution is -1.88. The highest BCUT2D eigenvalue weighted by Crippen LogP contribution is 2.11. The van der Waals surface area contributed by atoms with Crippen molar-refractivity contribution in [1.82, 2.24) is 0 Å². The van der Waals surface area contributed by atoms with E-state index in [4.69, 9.17) is 0 Å². The maximum Gasteiger partial charge on any atom is -0.00724 e. The van der Waals surface area contributed by atoms with Gasteiger partial charge < -0.3 is 0 Å². The average Bonchev–Trinajstić information content (AvgIpc) is 2.84. The Kier molecular flexibility index (Phi) is 83.9. The van der Waals surface area contributed by atoms with Gasteiger partial charge in [-0.2, -0.15) is 0 Å². The van der Waals surface area contributed by atoms with Gasteiger partial charge in [0.25, 0.3) is 0 Å². The lowest BCUT2D eigenvalue weighted by Gasteiger charge is -2.03. The fourth-order valence-electron chi connectivity index (χ4n) is 1.52. The Bertz CT molecular complexity index is 511. The zero-order valence-electron chi connectivity index (χ0n) is 30.0. The number of rotatable bonds is 4. The lowest BCUT2D eigenvalue weighted by molar-refractivity contribution is 0.626. The summed E-state index contributed by atoms with van der Waals surface area (Å²) in [5.74, 6) is 0.884. The molecule has 0 N–H and O–H groups in total. The molecule has 0 spiro atoms. The second-order valence-corrected chi connectivity index (χ2v) is 9.36. The molecule has 0 bridgehead atoms. The summed E-state index contributed by atoms with van der Waals surface area (Å²) in [6, 6.07) is 6.64. The van der Waals surface area contributed by atoms with Crippen LogP contribution in [0.1, 0.15) is 147 Å². The first-order chi connectivity index (χ1) is 17.3. The van der Waals surface area contributed by atoms with Gasteiger partial charge in [-0.25, -0.2) is 0 Å². The van der Waals surface area contributed by atoms with Crippen LogP contribution in [0.4, 0.5) is 0 Å². The van der Waals surface area contributed by atoms with Gasteiger partial charge >= 0.3 is 0 Å². The Morgan fingerprint density at radius 2 is 0.919 bits per heavy atom. The zero-order valence-corrected chi connectivity index (χ0v) is 30.8. The molecule has 1 aromatic rings. The minimum absolute atomic E-state index is 0.884. The number of hydrogen-bond donors (Lipinski definition) is 0. The molecule has 0 aromatic heterocycles. The van der Waals surface area contributed by atoms with E-state index in [1.807, 2.05) is 82.4 Å². The normalized spacial score (nSPS) is 7.38. The Labute approximate surface area is 244 Å². The summed E-state index contributed by atoms with van der Waals surface area (Å²) in [7, 11) is 0. The summed E-state index contributed by atoms with van der Waals surface area (Å²) in [6.45, 7) is 50.3. The van der Waals surface area contributed by atoms with Gasteiger partial charge in [0.05, 0.1) is 0 Å². The van der Waals surface area contributed by atoms with Crippen LogP contribution in [-0.2, 0) is 6.42 Å². The van der Waals surface area contributed by atoms with E-state index in [9.17, 15) is 0 Å². The molecule has 0 aliphatic carbocycles. The van der Waals surface area contributed by atoms with Crippen LogP contribution in [0, 0.1) is 19.8 Å². The van der Waals surface area contributed by atoms with Gasteiger partial charge in [-0.05, 0) is 70.6 Å². The van der Waals surface area contributed by atoms with Gasteiger partial charge in [-0.1, -0.05) is 156 Å². The highest BCUT2D eigenvalue weighted by Gasteiger charge is 1.95. The number of benzene rings is 1. The van der Waals surface area contributed by atoms with Crippen molar-refractivity contribution in [3.8, 4) is 0 Å². The quantitative estimate of drug-likeness (QED) is 0.342. The zero-order chi connectivity index (χ0) is 32.0. The summed E-state index contributed by atoms with van der Waals surface area (Å²) in [4.78, 5) is 1.17. The van der Waals surface area contributed by atoms with Gasteiger partial charge in [0.15, 0.2) is 0 Å². The van der Waals surface area contributed by atoms with E-state index in [1.165, 1.54) is 45.6 Å². The smallest absolute Gasteiger partial charge is 0.00724 e. The minimum Gasteiger partial charge on any atom is -0.135 e. The molecule has 0 amide bonds. The molecule has 0 fully saturated rings. The largest absolute Gasteiger partial charge is 0.135 e. The molecule has 0 saturated heterocycles. The standard InChI is InChI=1S/C12H16.C5H12.C4H8S.C4H8.C3H8.4C2H6/c1-9(2)5-12-7-10(3)6-11(4)8-12;1-4-5(2)3;1-4(2)5-3;1-4(2)3;1-3-2;4*1-2/h6-8H,1,5H2,2-4H3;5H,4H2,1-3H3;1H2,2-3H3;1H2,2-3H3;3H2,1-2H3;4*1-2H3. The molecule has 1 aromatic carbocycles. The second kappa shape index (κ2) is 55.3. The summed E-state index contributed by atoms with van der Waals surface area (Å²) >= 11 is 1.69. The molecule has 1 heteroatoms. The van der Waals surface area contributed by atoms with Gasteiger partial charge in [0, 0.05) is 0 Å². The molecule has 0 saturated carbocycles. The van der Waals surface area contributed by atoms with E-state index in [0.29, 0.717) is 0 Å². The van der Waals surface area contributed by atoms with Crippen molar-refractivity contribution in [3.63, 3.8) is 0 Å². The first kappa shape index (κ1) is 56.1. The fourth-order valence-corrected chi connectivity index (χ4v) is 1.52. The summed E-state index contributed by atoms with van der Waals surface area (Å²) in [5, 5.41) is 0. The predicted molar refractivity (Wildman–Crippen MR) is 190 cm³/mol. The Morgan fingerprint density at radius 3 is 1.05 bits per heavy atom. The van der Waals surface area contributed by atoms with Crippen LogP contribution in [0.2, 0.25) is 0 Å². The average molecular weight is 541 g/mol. The Balaban J connectivity index is -0.0000000480. The molecule has 0 aliphatic rings. The molecule has 1 rings (SSSR count). The molecule has 0 unspecified atom stereocenters. The first-order valence-corrected chi connectivity index (χ1v) is 16.0. The van der Waals surface area contributed by atoms with Gasteiger partial charge in [-0.3, -0.25) is 0 Å². The maximum absolute atomic E-state index is 3.91. The Morgan fingerprint density at radius 1 is 0.703 bits per heavy atom. The van der Waals surface area contributed by atoms with Crippen molar-refractivity contribution in [2.75, 3.05) is 6.26 Å².